The van der Waals surface area contributed by atoms with E-state index in [9.17, 15) is 4.79 Å². The van der Waals surface area contributed by atoms with Crippen LogP contribution in [0, 0.1) is 6.92 Å². The minimum atomic E-state index is -0.155. The topological polar surface area (TPSA) is 60.5 Å². The lowest BCUT2D eigenvalue weighted by Crippen LogP contribution is -2.28. The van der Waals surface area contributed by atoms with Crippen LogP contribution in [0.4, 0.5) is 0 Å². The van der Waals surface area contributed by atoms with Crippen LogP contribution < -0.4 is 14.8 Å². The third-order valence-corrected chi connectivity index (χ3v) is 4.12. The summed E-state index contributed by atoms with van der Waals surface area (Å²) in [6.07, 6.45) is 0. The molecule has 1 N–H and O–H groups in total. The predicted octanol–water partition coefficient (Wildman–Crippen LogP) is 3.87. The van der Waals surface area contributed by atoms with Crippen molar-refractivity contribution in [3.63, 3.8) is 0 Å². The van der Waals surface area contributed by atoms with E-state index < -0.39 is 0 Å². The Labute approximate surface area is 159 Å². The van der Waals surface area contributed by atoms with E-state index in [1.165, 1.54) is 0 Å². The van der Waals surface area contributed by atoms with Crippen LogP contribution in [0.3, 0.4) is 0 Å². The van der Waals surface area contributed by atoms with Gasteiger partial charge in [-0.3, -0.25) is 9.78 Å². The van der Waals surface area contributed by atoms with E-state index in [0.29, 0.717) is 24.4 Å². The van der Waals surface area contributed by atoms with Gasteiger partial charge in [0.1, 0.15) is 18.1 Å². The molecule has 0 saturated carbocycles. The Bertz CT molecular complexity index is 893. The van der Waals surface area contributed by atoms with Crippen molar-refractivity contribution in [3.8, 4) is 22.8 Å². The van der Waals surface area contributed by atoms with Gasteiger partial charge in [-0.15, -0.1) is 0 Å². The summed E-state index contributed by atoms with van der Waals surface area (Å²) >= 11 is 0. The number of rotatable bonds is 7. The number of nitrogens with one attached hydrogen (secondary N) is 1. The summed E-state index contributed by atoms with van der Waals surface area (Å²) < 4.78 is 10.7. The first kappa shape index (κ1) is 18.5. The molecule has 1 heterocycles. The zero-order valence-electron chi connectivity index (χ0n) is 15.4. The minimum absolute atomic E-state index is 0.155. The zero-order valence-corrected chi connectivity index (χ0v) is 15.4. The molecule has 0 bridgehead atoms. The summed E-state index contributed by atoms with van der Waals surface area (Å²) in [6, 6.07) is 20.9. The number of methoxy groups -OCH3 is 1. The molecule has 0 radical (unpaired) electrons. The van der Waals surface area contributed by atoms with Gasteiger partial charge >= 0.3 is 0 Å². The number of amides is 1. The molecule has 0 saturated heterocycles. The smallest absolute Gasteiger partial charge is 0.253 e. The Kier molecular flexibility index (Phi) is 6.05. The van der Waals surface area contributed by atoms with Gasteiger partial charge in [0.25, 0.3) is 5.91 Å². The van der Waals surface area contributed by atoms with E-state index in [0.717, 1.165) is 22.8 Å². The van der Waals surface area contributed by atoms with E-state index in [-0.39, 0.29) is 5.91 Å². The second kappa shape index (κ2) is 8.85. The predicted molar refractivity (Wildman–Crippen MR) is 105 cm³/mol. The highest BCUT2D eigenvalue weighted by Crippen LogP contribution is 2.19. The number of aryl methyl sites for hydroxylation is 1. The lowest BCUT2D eigenvalue weighted by atomic mass is 10.1. The van der Waals surface area contributed by atoms with Crippen molar-refractivity contribution in [3.05, 3.63) is 78.0 Å². The molecular formula is C22H22N2O3. The number of hydrogen-bond donors (Lipinski definition) is 1. The number of hydrogen-bond acceptors (Lipinski definition) is 4. The van der Waals surface area contributed by atoms with Gasteiger partial charge in [-0.2, -0.15) is 0 Å². The highest BCUT2D eigenvalue weighted by molar-refractivity contribution is 5.95. The molecule has 0 atom stereocenters. The van der Waals surface area contributed by atoms with Gasteiger partial charge in [-0.05, 0) is 43.3 Å². The normalized spacial score (nSPS) is 10.3. The van der Waals surface area contributed by atoms with Crippen LogP contribution in [0.25, 0.3) is 11.3 Å². The van der Waals surface area contributed by atoms with Gasteiger partial charge in [0, 0.05) is 5.56 Å². The highest BCUT2D eigenvalue weighted by atomic mass is 16.5. The average molecular weight is 362 g/mol. The molecule has 3 rings (SSSR count). The third kappa shape index (κ3) is 4.85. The van der Waals surface area contributed by atoms with Crippen molar-refractivity contribution >= 4 is 5.91 Å². The average Bonchev–Trinajstić information content (AvgIpc) is 2.72. The van der Waals surface area contributed by atoms with Crippen molar-refractivity contribution < 1.29 is 14.3 Å². The van der Waals surface area contributed by atoms with Crippen LogP contribution in [0.1, 0.15) is 16.1 Å². The molecule has 0 aliphatic heterocycles. The third-order valence-electron chi connectivity index (χ3n) is 4.12. The summed E-state index contributed by atoms with van der Waals surface area (Å²) in [6.45, 7) is 2.63. The summed E-state index contributed by atoms with van der Waals surface area (Å²) in [5.74, 6) is 1.35. The summed E-state index contributed by atoms with van der Waals surface area (Å²) in [5.41, 5.74) is 3.15. The molecule has 138 valence electrons. The molecular weight excluding hydrogens is 340 g/mol. The SMILES string of the molecule is COc1ccc(OCCNC(=O)c2ccc(-c3ccccc3)nc2C)cc1. The van der Waals surface area contributed by atoms with Crippen molar-refractivity contribution in [2.75, 3.05) is 20.3 Å². The maximum atomic E-state index is 12.4. The fraction of sp³-hybridized carbons (Fsp3) is 0.182. The van der Waals surface area contributed by atoms with E-state index in [2.05, 4.69) is 10.3 Å². The Hall–Kier alpha value is -3.34. The molecule has 5 nitrogen and oxygen atoms in total. The Morgan fingerprint density at radius 1 is 0.963 bits per heavy atom. The fourth-order valence-electron chi connectivity index (χ4n) is 2.67. The van der Waals surface area contributed by atoms with Crippen LogP contribution in [0.2, 0.25) is 0 Å². The molecule has 0 aliphatic carbocycles. The van der Waals surface area contributed by atoms with Crippen LogP contribution in [-0.4, -0.2) is 31.2 Å². The number of nitrogens with zero attached hydrogens (tertiary/aromatic N) is 1. The van der Waals surface area contributed by atoms with Crippen LogP contribution in [0.15, 0.2) is 66.7 Å². The molecule has 1 amide bonds. The van der Waals surface area contributed by atoms with Crippen molar-refractivity contribution in [1.82, 2.24) is 10.3 Å². The molecule has 27 heavy (non-hydrogen) atoms. The lowest BCUT2D eigenvalue weighted by molar-refractivity contribution is 0.0946. The molecule has 2 aromatic carbocycles. The number of ether oxygens (including phenoxy) is 2. The summed E-state index contributed by atoms with van der Waals surface area (Å²) in [5, 5.41) is 2.86. The van der Waals surface area contributed by atoms with Crippen LogP contribution >= 0.6 is 0 Å². The van der Waals surface area contributed by atoms with Crippen LogP contribution in [-0.2, 0) is 0 Å². The van der Waals surface area contributed by atoms with Gasteiger partial charge in [-0.25, -0.2) is 0 Å². The van der Waals surface area contributed by atoms with Gasteiger partial charge < -0.3 is 14.8 Å². The van der Waals surface area contributed by atoms with E-state index in [4.69, 9.17) is 9.47 Å². The molecule has 5 heteroatoms. The molecule has 0 fully saturated rings. The Morgan fingerprint density at radius 2 is 1.67 bits per heavy atom. The number of aromatic nitrogens is 1. The van der Waals surface area contributed by atoms with Crippen molar-refractivity contribution in [2.45, 2.75) is 6.92 Å². The largest absolute Gasteiger partial charge is 0.497 e. The van der Waals surface area contributed by atoms with Gasteiger partial charge in [0.05, 0.1) is 30.6 Å². The minimum Gasteiger partial charge on any atom is -0.497 e. The second-order valence-corrected chi connectivity index (χ2v) is 5.98. The number of benzene rings is 2. The Balaban J connectivity index is 1.53. The van der Waals surface area contributed by atoms with E-state index in [1.54, 1.807) is 7.11 Å². The fourth-order valence-corrected chi connectivity index (χ4v) is 2.67. The van der Waals surface area contributed by atoms with Crippen LogP contribution in [0.5, 0.6) is 11.5 Å². The van der Waals surface area contributed by atoms with Crippen molar-refractivity contribution in [2.24, 2.45) is 0 Å². The first-order chi connectivity index (χ1) is 13.2. The quantitative estimate of drug-likeness (QED) is 0.648. The lowest BCUT2D eigenvalue weighted by Gasteiger charge is -2.10. The second-order valence-electron chi connectivity index (χ2n) is 5.98. The Morgan fingerprint density at radius 3 is 2.33 bits per heavy atom. The molecule has 0 spiro atoms. The maximum Gasteiger partial charge on any atom is 0.253 e. The first-order valence-corrected chi connectivity index (χ1v) is 8.75. The molecule has 1 aromatic heterocycles. The molecule has 0 unspecified atom stereocenters. The van der Waals surface area contributed by atoms with E-state index >= 15 is 0 Å². The number of carbonyl (C=O) groups is 1. The monoisotopic (exact) mass is 362 g/mol. The molecule has 0 aliphatic rings. The van der Waals surface area contributed by atoms with E-state index in [1.807, 2.05) is 73.7 Å². The van der Waals surface area contributed by atoms with Gasteiger partial charge in [0.2, 0.25) is 0 Å². The number of carbonyl (C=O) groups excluding carboxylic acids is 1. The zero-order chi connectivity index (χ0) is 19.1. The standard InChI is InChI=1S/C22H22N2O3/c1-16-20(12-13-21(24-16)17-6-4-3-5-7-17)22(25)23-14-15-27-19-10-8-18(26-2)9-11-19/h3-13H,14-15H2,1-2H3,(H,23,25). The van der Waals surface area contributed by atoms with Crippen molar-refractivity contribution in [1.29, 1.82) is 0 Å². The summed E-state index contributed by atoms with van der Waals surface area (Å²) in [7, 11) is 1.62. The van der Waals surface area contributed by atoms with Gasteiger partial charge in [-0.1, -0.05) is 30.3 Å². The highest BCUT2D eigenvalue weighted by Gasteiger charge is 2.11. The maximum absolute atomic E-state index is 12.4. The number of pyridine rings is 1. The van der Waals surface area contributed by atoms with Gasteiger partial charge in [0.15, 0.2) is 0 Å². The summed E-state index contributed by atoms with van der Waals surface area (Å²) in [4.78, 5) is 16.9. The first-order valence-electron chi connectivity index (χ1n) is 8.75. The molecule has 3 aromatic rings.